The monoisotopic (exact) mass is 579 g/mol. The Morgan fingerprint density at radius 3 is 2.62 bits per heavy atom. The van der Waals surface area contributed by atoms with Gasteiger partial charge in [0, 0.05) is 41.4 Å². The van der Waals surface area contributed by atoms with E-state index in [2.05, 4.69) is 37.4 Å². The van der Waals surface area contributed by atoms with Gasteiger partial charge in [-0.1, -0.05) is 29.3 Å². The first-order valence-corrected chi connectivity index (χ1v) is 13.0. The molecule has 40 heavy (non-hydrogen) atoms. The summed E-state index contributed by atoms with van der Waals surface area (Å²) in [4.78, 5) is 8.13. The minimum absolute atomic E-state index is 0.254. The third-order valence-corrected chi connectivity index (χ3v) is 6.80. The summed E-state index contributed by atoms with van der Waals surface area (Å²) in [6, 6.07) is 11.8. The first-order chi connectivity index (χ1) is 19.7. The van der Waals surface area contributed by atoms with Crippen LogP contribution in [0.5, 0.6) is 5.75 Å². The molecule has 1 aliphatic rings. The highest BCUT2D eigenvalue weighted by molar-refractivity contribution is 6.36. The molecule has 204 valence electrons. The van der Waals surface area contributed by atoms with Crippen LogP contribution in [-0.2, 0) is 0 Å². The highest BCUT2D eigenvalue weighted by atomic mass is 35.5. The summed E-state index contributed by atoms with van der Waals surface area (Å²) in [5.74, 6) is 5.69. The van der Waals surface area contributed by atoms with Crippen molar-refractivity contribution in [2.45, 2.75) is 24.9 Å². The molecule has 5 rings (SSSR count). The fraction of sp³-hybridized carbons (Fsp3) is 0.179. The molecule has 6 N–H and O–H groups in total. The lowest BCUT2D eigenvalue weighted by atomic mass is 10.0. The quantitative estimate of drug-likeness (QED) is 0.0882. The molecule has 4 aromatic rings. The second-order valence-corrected chi connectivity index (χ2v) is 9.81. The summed E-state index contributed by atoms with van der Waals surface area (Å²) in [6.45, 7) is 0. The second kappa shape index (κ2) is 11.8. The molecule has 0 spiro atoms. The van der Waals surface area contributed by atoms with Gasteiger partial charge in [-0.2, -0.15) is 9.65 Å². The van der Waals surface area contributed by atoms with Crippen molar-refractivity contribution in [2.24, 2.45) is 5.84 Å². The molecule has 1 atom stereocenters. The Balaban J connectivity index is 1.61. The van der Waals surface area contributed by atoms with Gasteiger partial charge in [-0.3, -0.25) is 10.8 Å². The smallest absolute Gasteiger partial charge is 0.212 e. The molecule has 1 fully saturated rings. The number of nitriles is 1. The largest absolute Gasteiger partial charge is 0.495 e. The molecule has 12 heteroatoms. The number of aromatic nitrogens is 2. The number of hydrogen-bond acceptors (Lipinski definition) is 9. The number of rotatable bonds is 10. The number of nitrogens with zero attached hydrogens (tertiary/aromatic N) is 3. The van der Waals surface area contributed by atoms with Crippen LogP contribution in [-0.4, -0.2) is 23.1 Å². The van der Waals surface area contributed by atoms with Gasteiger partial charge in [0.25, 0.3) is 0 Å². The number of nitrogens with two attached hydrogens (primary N) is 1. The molecule has 2 aromatic carbocycles. The number of hydrazine groups is 1. The average Bonchev–Trinajstić information content (AvgIpc) is 3.79. The zero-order chi connectivity index (χ0) is 29.1. The van der Waals surface area contributed by atoms with Crippen molar-refractivity contribution in [3.63, 3.8) is 0 Å². The maximum Gasteiger partial charge on any atom is 0.212 e. The number of anilines is 3. The third-order valence-electron chi connectivity index (χ3n) is 6.22. The number of pyridine rings is 2. The predicted molar refractivity (Wildman–Crippen MR) is 155 cm³/mol. The van der Waals surface area contributed by atoms with E-state index < -0.39 is 12.0 Å². The van der Waals surface area contributed by atoms with Crippen LogP contribution in [0.2, 0.25) is 10.0 Å². The lowest BCUT2D eigenvalue weighted by Gasteiger charge is -2.24. The standard InChI is InChI=1S/C28H25Cl2FN8O/c1-40-24-6-5-18(9-21(24)29)37-26-16(11-32)13-36-28-20(26)8-19(10-22(28)30)38-27(15-2-7-25(31)35-12-15)23(39-33)14-34-17-3-4-17/h2,5-10,12-14,17,27,34,38-39H,3-4,33H2,1H3,(H,36,37)/b23-14-/i27D. The Morgan fingerprint density at radius 2 is 1.98 bits per heavy atom. The van der Waals surface area contributed by atoms with E-state index in [0.717, 1.165) is 12.8 Å². The Kier molecular flexibility index (Phi) is 7.68. The molecule has 0 saturated heterocycles. The van der Waals surface area contributed by atoms with E-state index in [9.17, 15) is 11.0 Å². The molecule has 0 radical (unpaired) electrons. The summed E-state index contributed by atoms with van der Waals surface area (Å²) in [7, 11) is 1.52. The normalized spacial score (nSPS) is 15.0. The van der Waals surface area contributed by atoms with E-state index in [-0.39, 0.29) is 16.3 Å². The van der Waals surface area contributed by atoms with E-state index in [1.54, 1.807) is 36.5 Å². The van der Waals surface area contributed by atoms with Gasteiger partial charge in [-0.05, 0) is 54.8 Å². The van der Waals surface area contributed by atoms with Gasteiger partial charge in [0.15, 0.2) is 0 Å². The molecule has 1 aliphatic carbocycles. The van der Waals surface area contributed by atoms with Gasteiger partial charge in [-0.25, -0.2) is 4.98 Å². The van der Waals surface area contributed by atoms with E-state index in [0.29, 0.717) is 50.3 Å². The van der Waals surface area contributed by atoms with Crippen molar-refractivity contribution >= 4 is 51.2 Å². The first kappa shape index (κ1) is 26.0. The maximum absolute atomic E-state index is 13.7. The molecule has 0 aliphatic heterocycles. The molecule has 0 bridgehead atoms. The highest BCUT2D eigenvalue weighted by Crippen LogP contribution is 2.37. The van der Waals surface area contributed by atoms with E-state index >= 15 is 0 Å². The number of methoxy groups -OCH3 is 1. The molecule has 9 nitrogen and oxygen atoms in total. The zero-order valence-corrected chi connectivity index (χ0v) is 22.7. The number of benzene rings is 2. The van der Waals surface area contributed by atoms with Gasteiger partial charge >= 0.3 is 0 Å². The second-order valence-electron chi connectivity index (χ2n) is 9.00. The Morgan fingerprint density at radius 1 is 1.18 bits per heavy atom. The van der Waals surface area contributed by atoms with Crippen LogP contribution in [0.3, 0.4) is 0 Å². The lowest BCUT2D eigenvalue weighted by Crippen LogP contribution is -2.31. The van der Waals surface area contributed by atoms with Crippen molar-refractivity contribution in [3.05, 3.63) is 93.9 Å². The molecular weight excluding hydrogens is 554 g/mol. The third kappa shape index (κ3) is 5.97. The number of ether oxygens (including phenoxy) is 1. The fourth-order valence-electron chi connectivity index (χ4n) is 4.04. The summed E-state index contributed by atoms with van der Waals surface area (Å²) < 4.78 is 28.4. The van der Waals surface area contributed by atoms with Gasteiger partial charge in [-0.15, -0.1) is 0 Å². The van der Waals surface area contributed by atoms with Crippen molar-refractivity contribution in [1.29, 1.82) is 5.26 Å². The Labute approximate surface area is 241 Å². The summed E-state index contributed by atoms with van der Waals surface area (Å²) in [5.41, 5.74) is 5.29. The summed E-state index contributed by atoms with van der Waals surface area (Å²) >= 11 is 13.0. The molecule has 1 saturated carbocycles. The van der Waals surface area contributed by atoms with Crippen LogP contribution in [0, 0.1) is 17.3 Å². The van der Waals surface area contributed by atoms with Gasteiger partial charge < -0.3 is 26.1 Å². The van der Waals surface area contributed by atoms with Gasteiger partial charge in [0.05, 0.1) is 47.0 Å². The summed E-state index contributed by atoms with van der Waals surface area (Å²) in [6.07, 6.45) is 6.33. The Bertz CT molecular complexity index is 1680. The van der Waals surface area contributed by atoms with Crippen LogP contribution in [0.25, 0.3) is 10.9 Å². The van der Waals surface area contributed by atoms with Gasteiger partial charge in [0.1, 0.15) is 11.8 Å². The van der Waals surface area contributed by atoms with Crippen molar-refractivity contribution in [3.8, 4) is 11.8 Å². The predicted octanol–water partition coefficient (Wildman–Crippen LogP) is 5.91. The van der Waals surface area contributed by atoms with Crippen molar-refractivity contribution < 1.29 is 10.5 Å². The number of halogens is 3. The first-order valence-electron chi connectivity index (χ1n) is 12.7. The van der Waals surface area contributed by atoms with Crippen LogP contribution in [0.15, 0.2) is 66.8 Å². The molecule has 1 unspecified atom stereocenters. The van der Waals surface area contributed by atoms with Crippen LogP contribution in [0.4, 0.5) is 21.5 Å². The lowest BCUT2D eigenvalue weighted by molar-refractivity contribution is 0.415. The SMILES string of the molecule is [2H]C(Nc1cc(Cl)c2ncc(C#N)c(Nc3ccc(OC)c(Cl)c3)c2c1)(/C(=C/NC1CC1)NN)c1ccc(F)nc1. The summed E-state index contributed by atoms with van der Waals surface area (Å²) in [5, 5.41) is 20.7. The van der Waals surface area contributed by atoms with E-state index in [1.165, 1.54) is 31.6 Å². The minimum Gasteiger partial charge on any atom is -0.495 e. The zero-order valence-electron chi connectivity index (χ0n) is 22.2. The van der Waals surface area contributed by atoms with Crippen molar-refractivity contribution in [1.82, 2.24) is 20.7 Å². The van der Waals surface area contributed by atoms with Crippen molar-refractivity contribution in [2.75, 3.05) is 17.7 Å². The minimum atomic E-state index is -1.74. The molecule has 0 amide bonds. The van der Waals surface area contributed by atoms with Crippen LogP contribution < -0.4 is 32.0 Å². The van der Waals surface area contributed by atoms with Gasteiger partial charge in [0.2, 0.25) is 5.95 Å². The molecule has 2 aromatic heterocycles. The van der Waals surface area contributed by atoms with Crippen LogP contribution >= 0.6 is 23.2 Å². The maximum atomic E-state index is 13.7. The topological polar surface area (TPSA) is 133 Å². The average molecular weight is 580 g/mol. The fourth-order valence-corrected chi connectivity index (χ4v) is 4.57. The molecule has 2 heterocycles. The van der Waals surface area contributed by atoms with Crippen LogP contribution in [0.1, 0.15) is 31.4 Å². The number of nitrogens with one attached hydrogen (secondary N) is 4. The number of fused-ring (bicyclic) bond motifs is 1. The number of hydrogen-bond donors (Lipinski definition) is 5. The highest BCUT2D eigenvalue weighted by Gasteiger charge is 2.23. The Hall–Kier alpha value is -4.30. The molecular formula is C28H25Cl2FN8O. The van der Waals surface area contributed by atoms with E-state index in [4.69, 9.17) is 33.8 Å². The van der Waals surface area contributed by atoms with E-state index in [1.807, 2.05) is 0 Å².